The Kier molecular flexibility index (Phi) is 7.49. The maximum absolute atomic E-state index is 12.5. The molecular weight excluding hydrogens is 434 g/mol. The Morgan fingerprint density at radius 2 is 1.59 bits per heavy atom. The topological polar surface area (TPSA) is 87.8 Å². The number of carbonyl (C=O) groups excluding carboxylic acids is 1. The summed E-state index contributed by atoms with van der Waals surface area (Å²) in [6.07, 6.45) is 4.23. The normalized spacial score (nSPS) is 10.6. The first kappa shape index (κ1) is 23.0. The van der Waals surface area contributed by atoms with E-state index in [1.54, 1.807) is 29.2 Å². The third kappa shape index (κ3) is 6.19. The van der Waals surface area contributed by atoms with Crippen LogP contribution in [0.5, 0.6) is 17.2 Å². The van der Waals surface area contributed by atoms with E-state index in [4.69, 9.17) is 18.6 Å². The van der Waals surface area contributed by atoms with Gasteiger partial charge in [-0.2, -0.15) is 5.10 Å². The number of anilines is 1. The molecule has 0 saturated heterocycles. The Balaban J connectivity index is 1.25. The molecule has 1 amide bonds. The predicted molar refractivity (Wildman–Crippen MR) is 127 cm³/mol. The molecule has 176 valence electrons. The standard InChI is InChI=1S/C26H27N3O5/c1-3-19-5-7-23(8-6-19)33-18-29-16-20(15-27-29)28-26(30)25-14-13-24(34-25)17-32-22-11-9-21(10-12-22)31-4-2/h5-16H,3-4,17-18H2,1-2H3,(H,28,30). The molecule has 0 saturated carbocycles. The van der Waals surface area contributed by atoms with Crippen LogP contribution in [0.25, 0.3) is 0 Å². The van der Waals surface area contributed by atoms with Gasteiger partial charge in [-0.1, -0.05) is 19.1 Å². The van der Waals surface area contributed by atoms with Gasteiger partial charge in [-0.05, 0) is 67.4 Å². The molecule has 1 N–H and O–H groups in total. The van der Waals surface area contributed by atoms with Crippen LogP contribution in [0.4, 0.5) is 5.69 Å². The van der Waals surface area contributed by atoms with E-state index >= 15 is 0 Å². The molecule has 0 radical (unpaired) electrons. The van der Waals surface area contributed by atoms with E-state index in [1.807, 2.05) is 55.5 Å². The van der Waals surface area contributed by atoms with Gasteiger partial charge in [0.15, 0.2) is 12.5 Å². The van der Waals surface area contributed by atoms with Gasteiger partial charge in [0, 0.05) is 0 Å². The quantitative estimate of drug-likeness (QED) is 0.326. The zero-order valence-electron chi connectivity index (χ0n) is 19.2. The Labute approximate surface area is 198 Å². The molecule has 0 atom stereocenters. The Bertz CT molecular complexity index is 1200. The van der Waals surface area contributed by atoms with E-state index in [9.17, 15) is 4.79 Å². The van der Waals surface area contributed by atoms with Crippen LogP contribution in [0, 0.1) is 0 Å². The molecule has 2 aromatic heterocycles. The minimum atomic E-state index is -0.372. The highest BCUT2D eigenvalue weighted by Crippen LogP contribution is 2.20. The lowest BCUT2D eigenvalue weighted by atomic mass is 10.2. The lowest BCUT2D eigenvalue weighted by Crippen LogP contribution is -2.10. The molecular formula is C26H27N3O5. The van der Waals surface area contributed by atoms with Gasteiger partial charge >= 0.3 is 0 Å². The van der Waals surface area contributed by atoms with Gasteiger partial charge < -0.3 is 23.9 Å². The van der Waals surface area contributed by atoms with Crippen molar-refractivity contribution < 1.29 is 23.4 Å². The van der Waals surface area contributed by atoms with Crippen molar-refractivity contribution in [3.8, 4) is 17.2 Å². The second kappa shape index (κ2) is 11.1. The first-order valence-electron chi connectivity index (χ1n) is 11.1. The average molecular weight is 462 g/mol. The molecule has 8 heteroatoms. The van der Waals surface area contributed by atoms with E-state index in [0.29, 0.717) is 23.8 Å². The summed E-state index contributed by atoms with van der Waals surface area (Å²) in [6.45, 7) is 5.09. The van der Waals surface area contributed by atoms with Crippen LogP contribution >= 0.6 is 0 Å². The number of hydrogen-bond donors (Lipinski definition) is 1. The molecule has 0 spiro atoms. The summed E-state index contributed by atoms with van der Waals surface area (Å²) in [4.78, 5) is 12.5. The maximum Gasteiger partial charge on any atom is 0.291 e. The smallest absolute Gasteiger partial charge is 0.291 e. The number of aryl methyl sites for hydroxylation is 1. The average Bonchev–Trinajstić information content (AvgIpc) is 3.52. The molecule has 0 bridgehead atoms. The molecule has 8 nitrogen and oxygen atoms in total. The van der Waals surface area contributed by atoms with Crippen LogP contribution in [0.2, 0.25) is 0 Å². The Morgan fingerprint density at radius 1 is 0.912 bits per heavy atom. The first-order chi connectivity index (χ1) is 16.6. The van der Waals surface area contributed by atoms with Crippen molar-refractivity contribution in [1.29, 1.82) is 0 Å². The fourth-order valence-electron chi connectivity index (χ4n) is 3.18. The highest BCUT2D eigenvalue weighted by Gasteiger charge is 2.13. The van der Waals surface area contributed by atoms with Gasteiger partial charge in [0.2, 0.25) is 0 Å². The van der Waals surface area contributed by atoms with Gasteiger partial charge in [-0.15, -0.1) is 0 Å². The van der Waals surface area contributed by atoms with Crippen molar-refractivity contribution in [2.45, 2.75) is 33.6 Å². The van der Waals surface area contributed by atoms with E-state index in [-0.39, 0.29) is 25.0 Å². The number of rotatable bonds is 11. The summed E-state index contributed by atoms with van der Waals surface area (Å²) in [5.41, 5.74) is 1.79. The van der Waals surface area contributed by atoms with Crippen LogP contribution in [-0.4, -0.2) is 22.3 Å². The van der Waals surface area contributed by atoms with Gasteiger partial charge in [0.05, 0.1) is 24.7 Å². The van der Waals surface area contributed by atoms with Crippen molar-refractivity contribution in [3.63, 3.8) is 0 Å². The molecule has 0 fully saturated rings. The molecule has 2 aromatic carbocycles. The molecule has 4 rings (SSSR count). The molecule has 0 unspecified atom stereocenters. The largest absolute Gasteiger partial charge is 0.494 e. The van der Waals surface area contributed by atoms with E-state index in [1.165, 1.54) is 5.56 Å². The van der Waals surface area contributed by atoms with Crippen molar-refractivity contribution in [2.24, 2.45) is 0 Å². The highest BCUT2D eigenvalue weighted by molar-refractivity contribution is 6.02. The van der Waals surface area contributed by atoms with Crippen LogP contribution in [0.15, 0.2) is 77.5 Å². The minimum absolute atomic E-state index is 0.185. The SMILES string of the molecule is CCOc1ccc(OCc2ccc(C(=O)Nc3cnn(COc4ccc(CC)cc4)c3)o2)cc1. The fourth-order valence-corrected chi connectivity index (χ4v) is 3.18. The number of ether oxygens (including phenoxy) is 3. The zero-order valence-corrected chi connectivity index (χ0v) is 19.2. The Morgan fingerprint density at radius 3 is 2.29 bits per heavy atom. The van der Waals surface area contributed by atoms with Crippen LogP contribution in [-0.2, 0) is 19.8 Å². The predicted octanol–water partition coefficient (Wildman–Crippen LogP) is 5.31. The number of carbonyl (C=O) groups is 1. The number of amides is 1. The number of aromatic nitrogens is 2. The summed E-state index contributed by atoms with van der Waals surface area (Å²) >= 11 is 0. The van der Waals surface area contributed by atoms with Crippen LogP contribution in [0.3, 0.4) is 0 Å². The van der Waals surface area contributed by atoms with E-state index < -0.39 is 0 Å². The number of nitrogens with zero attached hydrogens (tertiary/aromatic N) is 2. The zero-order chi connectivity index (χ0) is 23.8. The highest BCUT2D eigenvalue weighted by atomic mass is 16.5. The summed E-state index contributed by atoms with van der Waals surface area (Å²) in [6, 6.07) is 18.6. The van der Waals surface area contributed by atoms with E-state index in [2.05, 4.69) is 17.3 Å². The van der Waals surface area contributed by atoms with Crippen molar-refractivity contribution in [1.82, 2.24) is 9.78 Å². The summed E-state index contributed by atoms with van der Waals surface area (Å²) in [5, 5.41) is 6.99. The lowest BCUT2D eigenvalue weighted by molar-refractivity contribution is 0.0992. The fraction of sp³-hybridized carbons (Fsp3) is 0.231. The first-order valence-corrected chi connectivity index (χ1v) is 11.1. The van der Waals surface area contributed by atoms with Gasteiger partial charge in [0.1, 0.15) is 29.6 Å². The number of furan rings is 1. The van der Waals surface area contributed by atoms with Gasteiger partial charge in [-0.3, -0.25) is 4.79 Å². The molecule has 34 heavy (non-hydrogen) atoms. The monoisotopic (exact) mass is 461 g/mol. The Hall–Kier alpha value is -4.20. The van der Waals surface area contributed by atoms with Crippen molar-refractivity contribution >= 4 is 11.6 Å². The number of hydrogen-bond acceptors (Lipinski definition) is 6. The molecule has 0 aliphatic rings. The van der Waals surface area contributed by atoms with Gasteiger partial charge in [0.25, 0.3) is 5.91 Å². The third-order valence-corrected chi connectivity index (χ3v) is 4.99. The van der Waals surface area contributed by atoms with Gasteiger partial charge in [-0.25, -0.2) is 4.68 Å². The maximum atomic E-state index is 12.5. The second-order valence-corrected chi connectivity index (χ2v) is 7.45. The van der Waals surface area contributed by atoms with Crippen LogP contribution in [0.1, 0.15) is 35.7 Å². The number of nitrogens with one attached hydrogen (secondary N) is 1. The van der Waals surface area contributed by atoms with Crippen LogP contribution < -0.4 is 19.5 Å². The molecule has 0 aliphatic carbocycles. The minimum Gasteiger partial charge on any atom is -0.494 e. The van der Waals surface area contributed by atoms with E-state index in [0.717, 1.165) is 17.9 Å². The second-order valence-electron chi connectivity index (χ2n) is 7.45. The molecule has 0 aliphatic heterocycles. The summed E-state index contributed by atoms with van der Waals surface area (Å²) in [5.74, 6) is 2.58. The summed E-state index contributed by atoms with van der Waals surface area (Å²) in [7, 11) is 0. The lowest BCUT2D eigenvalue weighted by Gasteiger charge is -2.06. The van der Waals surface area contributed by atoms with Crippen molar-refractivity contribution in [3.05, 3.63) is 90.1 Å². The van der Waals surface area contributed by atoms with Crippen molar-refractivity contribution in [2.75, 3.05) is 11.9 Å². The third-order valence-electron chi connectivity index (χ3n) is 4.99. The summed E-state index contributed by atoms with van der Waals surface area (Å²) < 4.78 is 24.1. The molecule has 4 aromatic rings. The number of benzene rings is 2. The molecule has 2 heterocycles.